The minimum absolute atomic E-state index is 0.0225. The van der Waals surface area contributed by atoms with Crippen molar-refractivity contribution in [2.75, 3.05) is 25.4 Å². The lowest BCUT2D eigenvalue weighted by Crippen LogP contribution is -2.61. The van der Waals surface area contributed by atoms with Crippen LogP contribution in [0, 0.1) is 11.8 Å². The van der Waals surface area contributed by atoms with Gasteiger partial charge in [0.1, 0.15) is 54.1 Å². The van der Waals surface area contributed by atoms with Gasteiger partial charge in [0.05, 0.1) is 18.5 Å². The Labute approximate surface area is 568 Å². The molecule has 3 aromatic carbocycles. The number of hydrogen-bond acceptors (Lipinski definition) is 18. The zero-order valence-corrected chi connectivity index (χ0v) is 56.3. The maximum Gasteiger partial charge on any atom is 0.243 e. The van der Waals surface area contributed by atoms with Gasteiger partial charge in [-0.2, -0.15) is 0 Å². The van der Waals surface area contributed by atoms with Crippen LogP contribution in [0.3, 0.4) is 0 Å². The Balaban J connectivity index is 1.60. The van der Waals surface area contributed by atoms with Gasteiger partial charge in [0.25, 0.3) is 0 Å². The highest BCUT2D eigenvalue weighted by Gasteiger charge is 2.40. The van der Waals surface area contributed by atoms with Crippen LogP contribution >= 0.6 is 11.8 Å². The van der Waals surface area contributed by atoms with Crippen molar-refractivity contribution in [1.82, 2.24) is 52.8 Å². The molecule has 1 heterocycles. The predicted octanol–water partition coefficient (Wildman–Crippen LogP) is -2.14. The number of carbonyl (C=O) groups is 14. The average Bonchev–Trinajstić information content (AvgIpc) is 1.04. The Kier molecular flexibility index (Phi) is 33.6. The monoisotopic (exact) mass is 1370 g/mol. The molecule has 0 spiro atoms. The van der Waals surface area contributed by atoms with Crippen molar-refractivity contribution in [3.63, 3.8) is 0 Å². The van der Waals surface area contributed by atoms with E-state index < -0.39 is 169 Å². The average molecular weight is 1370 g/mol. The van der Waals surface area contributed by atoms with Crippen molar-refractivity contribution < 1.29 is 72.2 Å². The molecule has 0 radical (unpaired) electrons. The van der Waals surface area contributed by atoms with E-state index in [0.717, 1.165) is 17.3 Å². The first-order valence-electron chi connectivity index (χ1n) is 32.3. The Hall–Kier alpha value is -9.49. The molecule has 20 N–H and O–H groups in total. The van der Waals surface area contributed by atoms with Crippen molar-refractivity contribution in [1.29, 1.82) is 0 Å². The van der Waals surface area contributed by atoms with E-state index in [4.69, 9.17) is 28.7 Å². The molecular weight excluding hydrogens is 1270 g/mol. The summed E-state index contributed by atoms with van der Waals surface area (Å²) < 4.78 is 0. The van der Waals surface area contributed by atoms with E-state index in [0.29, 0.717) is 17.5 Å². The van der Waals surface area contributed by atoms with Crippen molar-refractivity contribution in [3.8, 4) is 5.75 Å². The van der Waals surface area contributed by atoms with E-state index >= 15 is 0 Å². The maximum atomic E-state index is 14.6. The van der Waals surface area contributed by atoms with Crippen LogP contribution in [0.25, 0.3) is 0 Å². The van der Waals surface area contributed by atoms with Crippen LogP contribution in [0.4, 0.5) is 0 Å². The first kappa shape index (κ1) is 79.9. The number of nitrogens with one attached hydrogen (secondary N) is 9. The van der Waals surface area contributed by atoms with Crippen LogP contribution in [-0.4, -0.2) is 178 Å². The molecular formula is C66H95N15O15S. The molecule has 1 saturated heterocycles. The van der Waals surface area contributed by atoms with Crippen LogP contribution in [0.15, 0.2) is 84.9 Å². The number of phenolic OH excluding ortho intramolecular Hbond substituents is 1. The summed E-state index contributed by atoms with van der Waals surface area (Å²) in [5, 5.41) is 33.0. The first-order valence-corrected chi connectivity index (χ1v) is 33.3. The highest BCUT2D eigenvalue weighted by Crippen LogP contribution is 2.21. The number of thioether (sulfide) groups is 1. The molecule has 0 saturated carbocycles. The van der Waals surface area contributed by atoms with Crippen molar-refractivity contribution in [2.45, 2.75) is 179 Å². The maximum absolute atomic E-state index is 14.6. The van der Waals surface area contributed by atoms with E-state index in [-0.39, 0.29) is 93.0 Å². The summed E-state index contributed by atoms with van der Waals surface area (Å²) >= 11 is 0.921. The number of benzene rings is 3. The third kappa shape index (κ3) is 28.4. The number of nitrogens with zero attached hydrogens (tertiary/aromatic N) is 1. The third-order valence-electron chi connectivity index (χ3n) is 15.6. The molecule has 3 aromatic rings. The fraction of sp³-hybridized carbons (Fsp3) is 0.515. The molecule has 4 rings (SSSR count). The summed E-state index contributed by atoms with van der Waals surface area (Å²) in [4.78, 5) is 192. The summed E-state index contributed by atoms with van der Waals surface area (Å²) in [5.41, 5.74) is 30.5. The van der Waals surface area contributed by atoms with Gasteiger partial charge in [-0.3, -0.25) is 67.1 Å². The topological polar surface area (TPSA) is 501 Å². The number of nitrogens with two attached hydrogens (primary N) is 5. The number of aromatic hydroxyl groups is 1. The molecule has 13 amide bonds. The van der Waals surface area contributed by atoms with Gasteiger partial charge >= 0.3 is 0 Å². The van der Waals surface area contributed by atoms with Gasteiger partial charge < -0.3 is 86.5 Å². The molecule has 0 aliphatic carbocycles. The molecule has 30 nitrogen and oxygen atoms in total. The van der Waals surface area contributed by atoms with Crippen molar-refractivity contribution >= 4 is 93.7 Å². The van der Waals surface area contributed by atoms with Gasteiger partial charge in [-0.25, -0.2) is 0 Å². The molecule has 1 aliphatic heterocycles. The minimum atomic E-state index is -1.94. The molecule has 1 aliphatic rings. The van der Waals surface area contributed by atoms with E-state index in [1.165, 1.54) is 36.1 Å². The molecule has 31 heteroatoms. The molecule has 530 valence electrons. The summed E-state index contributed by atoms with van der Waals surface area (Å²) in [6.07, 6.45) is -2.11. The Morgan fingerprint density at radius 1 is 0.546 bits per heavy atom. The number of likely N-dealkylation sites (tertiary alicyclic amines) is 1. The molecule has 0 unspecified atom stereocenters. The molecule has 0 bridgehead atoms. The van der Waals surface area contributed by atoms with Crippen LogP contribution in [0.1, 0.15) is 116 Å². The smallest absolute Gasteiger partial charge is 0.243 e. The van der Waals surface area contributed by atoms with Gasteiger partial charge in [0, 0.05) is 51.4 Å². The van der Waals surface area contributed by atoms with Crippen LogP contribution in [0.5, 0.6) is 5.75 Å². The molecule has 1 fully saturated rings. The van der Waals surface area contributed by atoms with Gasteiger partial charge in [-0.15, -0.1) is 0 Å². The number of carbonyl (C=O) groups excluding carboxylic acids is 14. The summed E-state index contributed by atoms with van der Waals surface area (Å²) in [7, 11) is 0. The summed E-state index contributed by atoms with van der Waals surface area (Å²) in [6, 6.07) is 8.88. The minimum Gasteiger partial charge on any atom is -0.508 e. The normalized spacial score (nSPS) is 15.5. The number of hydrogen-bond donors (Lipinski definition) is 15. The Morgan fingerprint density at radius 2 is 1.00 bits per heavy atom. The van der Waals surface area contributed by atoms with Crippen molar-refractivity contribution in [3.05, 3.63) is 102 Å². The fourth-order valence-electron chi connectivity index (χ4n) is 10.6. The molecule has 10 atom stereocenters. The largest absolute Gasteiger partial charge is 0.508 e. The Bertz CT molecular complexity index is 3200. The Morgan fingerprint density at radius 3 is 1.51 bits per heavy atom. The second kappa shape index (κ2) is 40.8. The predicted molar refractivity (Wildman–Crippen MR) is 360 cm³/mol. The SMILES string of the molecule is CC(=O)NCCSC(=O)[C@H](CC(C)C)NC(=O)[C@H](CCCN)NC(=O)[C@@H](NC(=O)[C@H](Cc1ccc(O)cc1)NC(=O)[C@H](CCC(N)=O)NC(=O)[C@H](CC(N)=O)NC(=O)[C@H](CCC(N)=O)NC(=O)[C@H](Cc1ccccc1)NC(=O)[C@@H]1CCCN1C(=O)[C@H](N)Cc1ccccc1)C(C)C. The highest BCUT2D eigenvalue weighted by atomic mass is 32.2. The summed E-state index contributed by atoms with van der Waals surface area (Å²) in [6.45, 7) is 8.77. The van der Waals surface area contributed by atoms with Crippen LogP contribution in [-0.2, 0) is 86.4 Å². The van der Waals surface area contributed by atoms with E-state index in [1.807, 2.05) is 32.0 Å². The van der Waals surface area contributed by atoms with Crippen LogP contribution in [0.2, 0.25) is 0 Å². The molecule has 0 aromatic heterocycles. The zero-order chi connectivity index (χ0) is 71.9. The number of rotatable bonds is 41. The van der Waals surface area contributed by atoms with E-state index in [2.05, 4.69) is 47.9 Å². The lowest BCUT2D eigenvalue weighted by molar-refractivity contribution is -0.140. The van der Waals surface area contributed by atoms with Gasteiger partial charge in [-0.05, 0) is 98.6 Å². The quantitative estimate of drug-likeness (QED) is 0.0270. The zero-order valence-electron chi connectivity index (χ0n) is 55.4. The third-order valence-corrected chi connectivity index (χ3v) is 16.6. The first-order chi connectivity index (χ1) is 46.0. The fourth-order valence-corrected chi connectivity index (χ4v) is 11.3. The van der Waals surface area contributed by atoms with Crippen LogP contribution < -0.4 is 76.5 Å². The van der Waals surface area contributed by atoms with Gasteiger partial charge in [0.2, 0.25) is 81.9 Å². The second-order valence-electron chi connectivity index (χ2n) is 24.6. The van der Waals surface area contributed by atoms with E-state index in [9.17, 15) is 72.2 Å². The standard InChI is InChI=1S/C66H95N15O15S/c1-37(2)32-51(66(96)97-31-29-72-39(5)82)79-57(87)45(18-12-28-67)75-64(94)56(38(3)4)80-62(92)49(35-42-20-22-43(83)23-21-42)76-58(88)46(24-26-53(69)84)74-61(91)50(36-55(71)86)77-59(89)47(25-27-54(70)85)73-60(90)48(34-41-16-10-7-11-17-41)78-63(93)52-19-13-30-81(52)65(95)44(68)33-40-14-8-6-9-15-40/h6-11,14-17,20-23,37-38,44-52,56,83H,12-13,18-19,24-36,67-68H2,1-5H3,(H2,69,84)(H2,70,85)(H2,71,86)(H,72,82)(H,73,90)(H,74,91)(H,75,94)(H,76,88)(H,77,89)(H,78,93)(H,79,87)(H,80,92)/t44-,45+,46+,47+,48+,49+,50+,51+,52+,56+/m1/s1. The van der Waals surface area contributed by atoms with Gasteiger partial charge in [-0.1, -0.05) is 112 Å². The molecule has 97 heavy (non-hydrogen) atoms. The second-order valence-corrected chi connectivity index (χ2v) is 25.7. The number of primary amides is 3. The number of amides is 13. The lowest BCUT2D eigenvalue weighted by atomic mass is 9.99. The summed E-state index contributed by atoms with van der Waals surface area (Å²) in [5.74, 6) is -12.1. The van der Waals surface area contributed by atoms with Crippen molar-refractivity contribution in [2.24, 2.45) is 40.5 Å². The number of phenols is 1. The van der Waals surface area contributed by atoms with Gasteiger partial charge in [0.15, 0.2) is 0 Å². The van der Waals surface area contributed by atoms with E-state index in [1.54, 1.807) is 56.3 Å². The highest BCUT2D eigenvalue weighted by molar-refractivity contribution is 8.13. The lowest BCUT2D eigenvalue weighted by Gasteiger charge is -2.29.